The molecule has 5 heteroatoms. The highest BCUT2D eigenvalue weighted by Crippen LogP contribution is 2.21. The lowest BCUT2D eigenvalue weighted by Crippen LogP contribution is -2.06. The predicted octanol–water partition coefficient (Wildman–Crippen LogP) is 4.34. The van der Waals surface area contributed by atoms with Crippen LogP contribution in [0.5, 0.6) is 0 Å². The van der Waals surface area contributed by atoms with Gasteiger partial charge in [0.05, 0.1) is 11.4 Å². The zero-order chi connectivity index (χ0) is 16.1. The lowest BCUT2D eigenvalue weighted by molar-refractivity contribution is 0.210. The molecule has 2 aromatic carbocycles. The molecule has 0 fully saturated rings. The Hall–Kier alpha value is -3.34. The lowest BCUT2D eigenvalue weighted by Gasteiger charge is -2.01. The molecular weight excluding hydrogens is 290 g/mol. The number of nitrogens with one attached hydrogen (secondary N) is 2. The van der Waals surface area contributed by atoms with Gasteiger partial charge in [0.25, 0.3) is 0 Å². The third-order valence-corrected chi connectivity index (χ3v) is 3.29. The van der Waals surface area contributed by atoms with E-state index in [1.165, 1.54) is 0 Å². The smallest absolute Gasteiger partial charge is 0.409 e. The number of hydrogen-bond acceptors (Lipinski definition) is 2. The number of carbonyl (C=O) groups is 1. The van der Waals surface area contributed by atoms with E-state index >= 15 is 0 Å². The van der Waals surface area contributed by atoms with E-state index in [4.69, 9.17) is 5.11 Å². The van der Waals surface area contributed by atoms with Crippen LogP contribution >= 0.6 is 0 Å². The van der Waals surface area contributed by atoms with Crippen LogP contribution in [0.15, 0.2) is 60.7 Å². The summed E-state index contributed by atoms with van der Waals surface area (Å²) >= 11 is 0. The molecule has 0 aliphatic heterocycles. The van der Waals surface area contributed by atoms with Crippen molar-refractivity contribution in [3.8, 4) is 11.3 Å². The quantitative estimate of drug-likeness (QED) is 0.671. The second-order valence-electron chi connectivity index (χ2n) is 4.96. The number of hydrogen-bond donors (Lipinski definition) is 3. The number of H-pyrrole nitrogens is 1. The van der Waals surface area contributed by atoms with Crippen molar-refractivity contribution in [2.24, 2.45) is 0 Å². The Balaban J connectivity index is 1.74. The highest BCUT2D eigenvalue weighted by Gasteiger charge is 2.03. The van der Waals surface area contributed by atoms with E-state index in [1.54, 1.807) is 12.1 Å². The van der Waals surface area contributed by atoms with Crippen LogP contribution < -0.4 is 5.32 Å². The van der Waals surface area contributed by atoms with E-state index in [-0.39, 0.29) is 0 Å². The largest absolute Gasteiger partial charge is 0.465 e. The van der Waals surface area contributed by atoms with Crippen molar-refractivity contribution in [3.05, 3.63) is 71.9 Å². The molecule has 0 atom stereocenters. The first-order valence-corrected chi connectivity index (χ1v) is 7.10. The summed E-state index contributed by atoms with van der Waals surface area (Å²) in [7, 11) is 0. The van der Waals surface area contributed by atoms with E-state index in [2.05, 4.69) is 15.5 Å². The second kappa shape index (κ2) is 6.62. The Morgan fingerprint density at radius 2 is 1.78 bits per heavy atom. The SMILES string of the molecule is O=C(O)Nc1ccc(-c2cc(C=Cc3ccccc3)n[nH]2)cc1. The summed E-state index contributed by atoms with van der Waals surface area (Å²) in [6, 6.07) is 19.0. The number of amides is 1. The summed E-state index contributed by atoms with van der Waals surface area (Å²) in [5, 5.41) is 18.2. The number of rotatable bonds is 4. The molecule has 114 valence electrons. The van der Waals surface area contributed by atoms with E-state index < -0.39 is 6.09 Å². The monoisotopic (exact) mass is 305 g/mol. The van der Waals surface area contributed by atoms with Crippen molar-refractivity contribution in [1.82, 2.24) is 10.2 Å². The first-order valence-electron chi connectivity index (χ1n) is 7.10. The van der Waals surface area contributed by atoms with Crippen LogP contribution in [0.3, 0.4) is 0 Å². The summed E-state index contributed by atoms with van der Waals surface area (Å²) in [6.45, 7) is 0. The Morgan fingerprint density at radius 3 is 2.48 bits per heavy atom. The van der Waals surface area contributed by atoms with Gasteiger partial charge in [0.2, 0.25) is 0 Å². The van der Waals surface area contributed by atoms with E-state index in [9.17, 15) is 4.79 Å². The molecule has 3 N–H and O–H groups in total. The Kier molecular flexibility index (Phi) is 4.20. The molecule has 0 bridgehead atoms. The van der Waals surface area contributed by atoms with Gasteiger partial charge < -0.3 is 5.11 Å². The van der Waals surface area contributed by atoms with Crippen molar-refractivity contribution >= 4 is 23.9 Å². The molecule has 0 radical (unpaired) electrons. The van der Waals surface area contributed by atoms with Gasteiger partial charge in [-0.15, -0.1) is 0 Å². The van der Waals surface area contributed by atoms with Crippen molar-refractivity contribution in [1.29, 1.82) is 0 Å². The summed E-state index contributed by atoms with van der Waals surface area (Å²) in [5.74, 6) is 0. The van der Waals surface area contributed by atoms with E-state index in [0.29, 0.717) is 5.69 Å². The number of carboxylic acid groups (broad SMARTS) is 1. The number of nitrogens with zero attached hydrogens (tertiary/aromatic N) is 1. The van der Waals surface area contributed by atoms with Gasteiger partial charge in [-0.1, -0.05) is 48.5 Å². The highest BCUT2D eigenvalue weighted by atomic mass is 16.4. The third kappa shape index (κ3) is 3.85. The molecule has 1 heterocycles. The van der Waals surface area contributed by atoms with Gasteiger partial charge in [-0.2, -0.15) is 5.10 Å². The van der Waals surface area contributed by atoms with Gasteiger partial charge in [0.15, 0.2) is 0 Å². The van der Waals surface area contributed by atoms with Gasteiger partial charge in [-0.25, -0.2) is 4.79 Å². The molecule has 0 saturated heterocycles. The zero-order valence-corrected chi connectivity index (χ0v) is 12.2. The van der Waals surface area contributed by atoms with Crippen LogP contribution in [0.1, 0.15) is 11.3 Å². The second-order valence-corrected chi connectivity index (χ2v) is 4.96. The van der Waals surface area contributed by atoms with Crippen molar-refractivity contribution in [3.63, 3.8) is 0 Å². The minimum atomic E-state index is -1.08. The predicted molar refractivity (Wildman–Crippen MR) is 91.0 cm³/mol. The molecule has 23 heavy (non-hydrogen) atoms. The van der Waals surface area contributed by atoms with Crippen molar-refractivity contribution in [2.45, 2.75) is 0 Å². The molecule has 0 unspecified atom stereocenters. The van der Waals surface area contributed by atoms with Gasteiger partial charge in [-0.3, -0.25) is 10.4 Å². The standard InChI is InChI=1S/C18H15N3O2/c22-18(23)19-15-10-7-14(8-11-15)17-12-16(20-21-17)9-6-13-4-2-1-3-5-13/h1-12,19H,(H,20,21)(H,22,23). The fourth-order valence-corrected chi connectivity index (χ4v) is 2.17. The summed E-state index contributed by atoms with van der Waals surface area (Å²) < 4.78 is 0. The summed E-state index contributed by atoms with van der Waals surface area (Å²) in [6.07, 6.45) is 2.86. The van der Waals surface area contributed by atoms with Gasteiger partial charge in [-0.05, 0) is 35.4 Å². The molecule has 1 amide bonds. The summed E-state index contributed by atoms with van der Waals surface area (Å²) in [5.41, 5.74) is 4.29. The molecule has 5 nitrogen and oxygen atoms in total. The van der Waals surface area contributed by atoms with Crippen LogP contribution in [0, 0.1) is 0 Å². The van der Waals surface area contributed by atoms with Crippen LogP contribution in [0.2, 0.25) is 0 Å². The van der Waals surface area contributed by atoms with Crippen LogP contribution in [-0.4, -0.2) is 21.4 Å². The molecule has 3 rings (SSSR count). The Labute approximate surface area is 133 Å². The van der Waals surface area contributed by atoms with Gasteiger partial charge in [0.1, 0.15) is 0 Å². The van der Waals surface area contributed by atoms with Gasteiger partial charge >= 0.3 is 6.09 Å². The maximum atomic E-state index is 10.6. The fraction of sp³-hybridized carbons (Fsp3) is 0. The minimum absolute atomic E-state index is 0.532. The van der Waals surface area contributed by atoms with Crippen LogP contribution in [0.25, 0.3) is 23.4 Å². The first kappa shape index (κ1) is 14.6. The van der Waals surface area contributed by atoms with Crippen LogP contribution in [-0.2, 0) is 0 Å². The number of aromatic nitrogens is 2. The Bertz CT molecular complexity index is 821. The number of anilines is 1. The zero-order valence-electron chi connectivity index (χ0n) is 12.2. The maximum Gasteiger partial charge on any atom is 0.409 e. The minimum Gasteiger partial charge on any atom is -0.465 e. The Morgan fingerprint density at radius 1 is 1.04 bits per heavy atom. The maximum absolute atomic E-state index is 10.6. The molecule has 3 aromatic rings. The molecule has 0 aliphatic carbocycles. The average molecular weight is 305 g/mol. The van der Waals surface area contributed by atoms with Crippen molar-refractivity contribution < 1.29 is 9.90 Å². The molecule has 1 aromatic heterocycles. The van der Waals surface area contributed by atoms with Crippen LogP contribution in [0.4, 0.5) is 10.5 Å². The highest BCUT2D eigenvalue weighted by molar-refractivity contribution is 5.83. The lowest BCUT2D eigenvalue weighted by atomic mass is 10.1. The van der Waals surface area contributed by atoms with E-state index in [1.807, 2.05) is 60.7 Å². The summed E-state index contributed by atoms with van der Waals surface area (Å²) in [4.78, 5) is 10.6. The number of benzene rings is 2. The molecule has 0 saturated carbocycles. The normalized spacial score (nSPS) is 10.8. The molecular formula is C18H15N3O2. The van der Waals surface area contributed by atoms with E-state index in [0.717, 1.165) is 22.5 Å². The first-order chi connectivity index (χ1) is 11.2. The molecule has 0 spiro atoms. The van der Waals surface area contributed by atoms with Gasteiger partial charge in [0, 0.05) is 5.69 Å². The topological polar surface area (TPSA) is 78.0 Å². The number of aromatic amines is 1. The fourth-order valence-electron chi connectivity index (χ4n) is 2.17. The molecule has 0 aliphatic rings. The average Bonchev–Trinajstić information content (AvgIpc) is 3.03. The third-order valence-electron chi connectivity index (χ3n) is 3.29. The van der Waals surface area contributed by atoms with Crippen molar-refractivity contribution in [2.75, 3.05) is 5.32 Å².